The zero-order valence-corrected chi connectivity index (χ0v) is 14.8. The van der Waals surface area contributed by atoms with Crippen molar-refractivity contribution in [2.75, 3.05) is 12.4 Å². The van der Waals surface area contributed by atoms with Gasteiger partial charge < -0.3 is 10.1 Å². The van der Waals surface area contributed by atoms with Crippen LogP contribution in [0.2, 0.25) is 5.15 Å². The molecule has 0 atom stereocenters. The van der Waals surface area contributed by atoms with Crippen LogP contribution in [-0.2, 0) is 6.54 Å². The van der Waals surface area contributed by atoms with Gasteiger partial charge in [0.1, 0.15) is 16.8 Å². The summed E-state index contributed by atoms with van der Waals surface area (Å²) >= 11 is 6.42. The summed E-state index contributed by atoms with van der Waals surface area (Å²) in [6, 6.07) is 17.5. The molecule has 0 spiro atoms. The van der Waals surface area contributed by atoms with Gasteiger partial charge in [-0.25, -0.2) is 4.98 Å². The summed E-state index contributed by atoms with van der Waals surface area (Å²) in [7, 11) is 1.65. The topological polar surface area (TPSA) is 64.9 Å². The molecule has 7 heteroatoms. The van der Waals surface area contributed by atoms with E-state index in [-0.39, 0.29) is 0 Å². The van der Waals surface area contributed by atoms with Crippen LogP contribution in [0.15, 0.2) is 60.8 Å². The average molecular weight is 366 g/mol. The highest BCUT2D eigenvalue weighted by atomic mass is 35.5. The Morgan fingerprint density at radius 2 is 1.81 bits per heavy atom. The van der Waals surface area contributed by atoms with Crippen molar-refractivity contribution in [3.8, 4) is 5.75 Å². The highest BCUT2D eigenvalue weighted by Crippen LogP contribution is 2.24. The predicted molar refractivity (Wildman–Crippen MR) is 102 cm³/mol. The number of hydrogen-bond acceptors (Lipinski definition) is 5. The van der Waals surface area contributed by atoms with E-state index < -0.39 is 0 Å². The first-order valence-electron chi connectivity index (χ1n) is 8.07. The molecular formula is C19H16ClN5O. The van der Waals surface area contributed by atoms with Crippen LogP contribution in [0.1, 0.15) is 5.56 Å². The standard InChI is InChI=1S/C19H16ClN5O/c1-26-15-9-7-13(8-10-15)12-25-17-16(11-21-25)23-19(24-18(17)20)22-14-5-3-2-4-6-14/h2-11H,12H2,1H3,(H,22,23,24). The van der Waals surface area contributed by atoms with Crippen LogP contribution in [0.25, 0.3) is 11.0 Å². The maximum Gasteiger partial charge on any atom is 0.229 e. The molecule has 0 unspecified atom stereocenters. The van der Waals surface area contributed by atoms with Crippen LogP contribution in [0.4, 0.5) is 11.6 Å². The number of fused-ring (bicyclic) bond motifs is 1. The summed E-state index contributed by atoms with van der Waals surface area (Å²) in [6.07, 6.45) is 1.70. The highest BCUT2D eigenvalue weighted by molar-refractivity contribution is 6.33. The predicted octanol–water partition coefficient (Wildman–Crippen LogP) is 4.28. The molecule has 0 aliphatic rings. The molecule has 6 nitrogen and oxygen atoms in total. The minimum absolute atomic E-state index is 0.361. The van der Waals surface area contributed by atoms with Gasteiger partial charge in [-0.2, -0.15) is 10.1 Å². The number of rotatable bonds is 5. The second-order valence-electron chi connectivity index (χ2n) is 5.71. The van der Waals surface area contributed by atoms with E-state index in [1.807, 2.05) is 54.6 Å². The first kappa shape index (κ1) is 16.4. The number of ether oxygens (including phenoxy) is 1. The lowest BCUT2D eigenvalue weighted by Gasteiger charge is -2.08. The molecule has 0 radical (unpaired) electrons. The summed E-state index contributed by atoms with van der Waals surface area (Å²) in [5, 5.41) is 7.92. The quantitative estimate of drug-likeness (QED) is 0.535. The van der Waals surface area contributed by atoms with Gasteiger partial charge >= 0.3 is 0 Å². The fourth-order valence-corrected chi connectivity index (χ4v) is 2.96. The van der Waals surface area contributed by atoms with Crippen LogP contribution < -0.4 is 10.1 Å². The second kappa shape index (κ2) is 7.01. The van der Waals surface area contributed by atoms with Crippen molar-refractivity contribution >= 4 is 34.3 Å². The SMILES string of the molecule is COc1ccc(Cn2ncc3nc(Nc4ccccc4)nc(Cl)c32)cc1. The Labute approximate surface area is 155 Å². The molecule has 1 N–H and O–H groups in total. The third-order valence-corrected chi connectivity index (χ3v) is 4.23. The van der Waals surface area contributed by atoms with Crippen molar-refractivity contribution in [1.29, 1.82) is 0 Å². The van der Waals surface area contributed by atoms with E-state index in [4.69, 9.17) is 16.3 Å². The Kier molecular flexibility index (Phi) is 4.41. The van der Waals surface area contributed by atoms with Crippen molar-refractivity contribution in [3.05, 3.63) is 71.5 Å². The molecule has 0 saturated carbocycles. The van der Waals surface area contributed by atoms with Crippen molar-refractivity contribution < 1.29 is 4.74 Å². The van der Waals surface area contributed by atoms with E-state index in [1.165, 1.54) is 0 Å². The molecule has 0 amide bonds. The minimum atomic E-state index is 0.361. The van der Waals surface area contributed by atoms with Gasteiger partial charge in [0.25, 0.3) is 0 Å². The Morgan fingerprint density at radius 3 is 2.54 bits per heavy atom. The highest BCUT2D eigenvalue weighted by Gasteiger charge is 2.12. The van der Waals surface area contributed by atoms with E-state index in [2.05, 4.69) is 20.4 Å². The van der Waals surface area contributed by atoms with Crippen LogP contribution in [-0.4, -0.2) is 26.9 Å². The van der Waals surface area contributed by atoms with E-state index in [0.717, 1.165) is 17.0 Å². The lowest BCUT2D eigenvalue weighted by Crippen LogP contribution is -2.03. The van der Waals surface area contributed by atoms with Gasteiger partial charge in [-0.3, -0.25) is 4.68 Å². The second-order valence-corrected chi connectivity index (χ2v) is 6.07. The third kappa shape index (κ3) is 3.32. The molecule has 0 saturated heterocycles. The molecule has 0 aliphatic carbocycles. The molecule has 2 heterocycles. The molecule has 2 aromatic carbocycles. The number of nitrogens with zero attached hydrogens (tertiary/aromatic N) is 4. The summed E-state index contributed by atoms with van der Waals surface area (Å²) in [5.41, 5.74) is 3.38. The van der Waals surface area contributed by atoms with Gasteiger partial charge in [0.2, 0.25) is 5.95 Å². The Morgan fingerprint density at radius 1 is 1.04 bits per heavy atom. The van der Waals surface area contributed by atoms with Crippen molar-refractivity contribution in [1.82, 2.24) is 19.7 Å². The molecule has 4 rings (SSSR count). The molecule has 0 aliphatic heterocycles. The Hall–Kier alpha value is -3.12. The van der Waals surface area contributed by atoms with Gasteiger partial charge in [-0.1, -0.05) is 41.9 Å². The smallest absolute Gasteiger partial charge is 0.229 e. The maximum absolute atomic E-state index is 6.42. The lowest BCUT2D eigenvalue weighted by atomic mass is 10.2. The summed E-state index contributed by atoms with van der Waals surface area (Å²) in [6.45, 7) is 0.571. The molecule has 2 aromatic heterocycles. The van der Waals surface area contributed by atoms with Crippen LogP contribution in [0, 0.1) is 0 Å². The molecule has 0 bridgehead atoms. The van der Waals surface area contributed by atoms with Gasteiger partial charge in [-0.15, -0.1) is 0 Å². The third-order valence-electron chi connectivity index (χ3n) is 3.97. The van der Waals surface area contributed by atoms with Crippen molar-refractivity contribution in [2.24, 2.45) is 0 Å². The van der Waals surface area contributed by atoms with Crippen LogP contribution in [0.3, 0.4) is 0 Å². The molecule has 0 fully saturated rings. The van der Waals surface area contributed by atoms with E-state index in [9.17, 15) is 0 Å². The fraction of sp³-hybridized carbons (Fsp3) is 0.105. The molecular weight excluding hydrogens is 350 g/mol. The first-order valence-corrected chi connectivity index (χ1v) is 8.45. The Bertz CT molecular complexity index is 1030. The monoisotopic (exact) mass is 365 g/mol. The zero-order chi connectivity index (χ0) is 17.9. The van der Waals surface area contributed by atoms with E-state index in [1.54, 1.807) is 18.0 Å². The molecule has 26 heavy (non-hydrogen) atoms. The summed E-state index contributed by atoms with van der Waals surface area (Å²) < 4.78 is 6.98. The fourth-order valence-electron chi connectivity index (χ4n) is 2.68. The van der Waals surface area contributed by atoms with Crippen molar-refractivity contribution in [2.45, 2.75) is 6.54 Å². The largest absolute Gasteiger partial charge is 0.497 e. The van der Waals surface area contributed by atoms with Gasteiger partial charge in [0, 0.05) is 5.69 Å². The zero-order valence-electron chi connectivity index (χ0n) is 14.1. The maximum atomic E-state index is 6.42. The first-order chi connectivity index (χ1) is 12.7. The molecule has 130 valence electrons. The Balaban J connectivity index is 1.63. The summed E-state index contributed by atoms with van der Waals surface area (Å²) in [5.74, 6) is 1.26. The number of halogens is 1. The van der Waals surface area contributed by atoms with Gasteiger partial charge in [0.05, 0.1) is 19.9 Å². The number of benzene rings is 2. The van der Waals surface area contributed by atoms with Crippen LogP contribution >= 0.6 is 11.6 Å². The number of anilines is 2. The number of nitrogens with one attached hydrogen (secondary N) is 1. The van der Waals surface area contributed by atoms with Crippen LogP contribution in [0.5, 0.6) is 5.75 Å². The lowest BCUT2D eigenvalue weighted by molar-refractivity contribution is 0.414. The minimum Gasteiger partial charge on any atom is -0.497 e. The number of aromatic nitrogens is 4. The van der Waals surface area contributed by atoms with Gasteiger partial charge in [-0.05, 0) is 29.8 Å². The summed E-state index contributed by atoms with van der Waals surface area (Å²) in [4.78, 5) is 8.87. The molecule has 4 aromatic rings. The van der Waals surface area contributed by atoms with Crippen molar-refractivity contribution in [3.63, 3.8) is 0 Å². The van der Waals surface area contributed by atoms with E-state index >= 15 is 0 Å². The number of methoxy groups -OCH3 is 1. The normalized spacial score (nSPS) is 10.8. The van der Waals surface area contributed by atoms with Gasteiger partial charge in [0.15, 0.2) is 5.15 Å². The number of hydrogen-bond donors (Lipinski definition) is 1. The average Bonchev–Trinajstić information content (AvgIpc) is 3.06. The van der Waals surface area contributed by atoms with E-state index in [0.29, 0.717) is 28.7 Å². The number of para-hydroxylation sites is 1.